The van der Waals surface area contributed by atoms with Gasteiger partial charge in [0.2, 0.25) is 11.9 Å². The van der Waals surface area contributed by atoms with E-state index < -0.39 is 0 Å². The Hall–Kier alpha value is -3.19. The number of nitrogens with zero attached hydrogens (tertiary/aromatic N) is 4. The second kappa shape index (κ2) is 9.97. The molecule has 2 fully saturated rings. The quantitative estimate of drug-likeness (QED) is 0.540. The number of piperazine rings is 1. The molecule has 178 valence electrons. The summed E-state index contributed by atoms with van der Waals surface area (Å²) in [6.07, 6.45) is 11.0. The zero-order valence-corrected chi connectivity index (χ0v) is 20.0. The van der Waals surface area contributed by atoms with Gasteiger partial charge in [0.15, 0.2) is 0 Å². The van der Waals surface area contributed by atoms with Crippen LogP contribution < -0.4 is 5.32 Å². The van der Waals surface area contributed by atoms with Crippen molar-refractivity contribution >= 4 is 22.8 Å². The molecule has 1 aromatic carbocycles. The molecule has 3 aromatic rings. The molecule has 34 heavy (non-hydrogen) atoms. The van der Waals surface area contributed by atoms with Crippen LogP contribution in [-0.4, -0.2) is 68.9 Å². The van der Waals surface area contributed by atoms with Crippen molar-refractivity contribution < 1.29 is 4.79 Å². The number of fused-ring (bicyclic) bond motifs is 1. The van der Waals surface area contributed by atoms with E-state index in [0.717, 1.165) is 67.8 Å². The molecule has 2 aliphatic rings. The van der Waals surface area contributed by atoms with E-state index in [1.165, 1.54) is 24.3 Å². The number of rotatable bonds is 6. The summed E-state index contributed by atoms with van der Waals surface area (Å²) in [6.45, 7) is 9.21. The Bertz CT molecular complexity index is 1160. The van der Waals surface area contributed by atoms with E-state index >= 15 is 0 Å². The average molecular weight is 459 g/mol. The first-order valence-corrected chi connectivity index (χ1v) is 12.5. The summed E-state index contributed by atoms with van der Waals surface area (Å²) in [4.78, 5) is 29.4. The van der Waals surface area contributed by atoms with Gasteiger partial charge in [0.05, 0.1) is 5.69 Å². The van der Waals surface area contributed by atoms with Crippen LogP contribution in [0.2, 0.25) is 0 Å². The average Bonchev–Trinajstić information content (AvgIpc) is 3.32. The summed E-state index contributed by atoms with van der Waals surface area (Å²) in [6, 6.07) is 9.25. The number of aromatic nitrogens is 3. The van der Waals surface area contributed by atoms with Gasteiger partial charge in [-0.2, -0.15) is 0 Å². The van der Waals surface area contributed by atoms with E-state index in [1.54, 1.807) is 0 Å². The third-order valence-corrected chi connectivity index (χ3v) is 7.39. The lowest BCUT2D eigenvalue weighted by atomic mass is 9.89. The number of anilines is 1. The molecule has 0 bridgehead atoms. The minimum atomic E-state index is 0.0431. The summed E-state index contributed by atoms with van der Waals surface area (Å²) >= 11 is 0. The van der Waals surface area contributed by atoms with Crippen LogP contribution in [0.3, 0.4) is 0 Å². The van der Waals surface area contributed by atoms with Crippen molar-refractivity contribution in [2.45, 2.75) is 51.1 Å². The monoisotopic (exact) mass is 458 g/mol. The van der Waals surface area contributed by atoms with Gasteiger partial charge >= 0.3 is 0 Å². The van der Waals surface area contributed by atoms with Crippen molar-refractivity contribution in [2.24, 2.45) is 0 Å². The highest BCUT2D eigenvalue weighted by molar-refractivity contribution is 5.95. The summed E-state index contributed by atoms with van der Waals surface area (Å²) in [5.41, 5.74) is 4.42. The molecule has 2 aromatic heterocycles. The second-order valence-electron chi connectivity index (χ2n) is 9.40. The smallest absolute Gasteiger partial charge is 0.246 e. The lowest BCUT2D eigenvalue weighted by Gasteiger charge is -2.42. The molecule has 0 unspecified atom stereocenters. The summed E-state index contributed by atoms with van der Waals surface area (Å²) < 4.78 is 0. The van der Waals surface area contributed by atoms with Crippen molar-refractivity contribution in [3.05, 3.63) is 54.9 Å². The van der Waals surface area contributed by atoms with E-state index in [1.807, 2.05) is 17.2 Å². The van der Waals surface area contributed by atoms with Crippen molar-refractivity contribution in [1.82, 2.24) is 24.8 Å². The van der Waals surface area contributed by atoms with Crippen LogP contribution in [0.1, 0.15) is 38.2 Å². The van der Waals surface area contributed by atoms with E-state index in [2.05, 4.69) is 58.1 Å². The lowest BCUT2D eigenvalue weighted by molar-refractivity contribution is -0.128. The standard InChI is InChI=1S/C27H34N6O/c1-3-19-17-29-27(31-26(19)23-18-28-24-11-6-5-10-22(23)24)30-20-8-7-9-21(16-20)32-12-14-33(15-13-32)25(34)4-2/h4-6,10-11,17-18,20-21,28H,2-3,7-9,12-16H2,1H3,(H,29,30,31)/t20-,21+/m1/s1. The molecule has 5 rings (SSSR count). The summed E-state index contributed by atoms with van der Waals surface area (Å²) in [5, 5.41) is 4.84. The van der Waals surface area contributed by atoms with Gasteiger partial charge in [-0.15, -0.1) is 0 Å². The number of carbonyl (C=O) groups is 1. The number of aryl methyl sites for hydroxylation is 1. The van der Waals surface area contributed by atoms with E-state index in [4.69, 9.17) is 4.98 Å². The molecule has 1 amide bonds. The predicted molar refractivity (Wildman–Crippen MR) is 137 cm³/mol. The number of hydrogen-bond donors (Lipinski definition) is 2. The van der Waals surface area contributed by atoms with Gasteiger partial charge in [-0.05, 0) is 49.8 Å². The molecular formula is C27H34N6O. The predicted octanol–water partition coefficient (Wildman–Crippen LogP) is 4.24. The third-order valence-electron chi connectivity index (χ3n) is 7.39. The number of benzene rings is 1. The fraction of sp³-hybridized carbons (Fsp3) is 0.444. The molecule has 1 saturated carbocycles. The van der Waals surface area contributed by atoms with Crippen LogP contribution in [0.15, 0.2) is 49.3 Å². The van der Waals surface area contributed by atoms with Gasteiger partial charge in [-0.25, -0.2) is 9.97 Å². The van der Waals surface area contributed by atoms with Gasteiger partial charge in [-0.3, -0.25) is 9.69 Å². The van der Waals surface area contributed by atoms with Gasteiger partial charge in [0, 0.05) is 67.1 Å². The first-order chi connectivity index (χ1) is 16.7. The van der Waals surface area contributed by atoms with Gasteiger partial charge in [0.25, 0.3) is 0 Å². The van der Waals surface area contributed by atoms with Crippen LogP contribution in [0.25, 0.3) is 22.2 Å². The Morgan fingerprint density at radius 2 is 2.06 bits per heavy atom. The minimum Gasteiger partial charge on any atom is -0.360 e. The Balaban J connectivity index is 1.29. The zero-order valence-electron chi connectivity index (χ0n) is 20.0. The first-order valence-electron chi connectivity index (χ1n) is 12.5. The second-order valence-corrected chi connectivity index (χ2v) is 9.40. The van der Waals surface area contributed by atoms with Crippen molar-refractivity contribution in [1.29, 1.82) is 0 Å². The van der Waals surface area contributed by atoms with Crippen LogP contribution in [0, 0.1) is 0 Å². The number of para-hydroxylation sites is 1. The van der Waals surface area contributed by atoms with Crippen molar-refractivity contribution in [2.75, 3.05) is 31.5 Å². The Labute approximate surface area is 201 Å². The number of H-pyrrole nitrogens is 1. The topological polar surface area (TPSA) is 77.2 Å². The minimum absolute atomic E-state index is 0.0431. The molecule has 7 nitrogen and oxygen atoms in total. The molecule has 1 aliphatic heterocycles. The van der Waals surface area contributed by atoms with E-state index in [-0.39, 0.29) is 5.91 Å². The van der Waals surface area contributed by atoms with Crippen LogP contribution >= 0.6 is 0 Å². The lowest BCUT2D eigenvalue weighted by Crippen LogP contribution is -2.53. The maximum Gasteiger partial charge on any atom is 0.246 e. The molecule has 3 heterocycles. The largest absolute Gasteiger partial charge is 0.360 e. The molecule has 2 N–H and O–H groups in total. The van der Waals surface area contributed by atoms with Gasteiger partial charge in [0.1, 0.15) is 0 Å². The molecule has 7 heteroatoms. The fourth-order valence-corrected chi connectivity index (χ4v) is 5.48. The Morgan fingerprint density at radius 1 is 1.24 bits per heavy atom. The molecule has 2 atom stereocenters. The third kappa shape index (κ3) is 4.57. The van der Waals surface area contributed by atoms with Gasteiger partial charge in [-0.1, -0.05) is 31.7 Å². The van der Waals surface area contributed by atoms with Gasteiger partial charge < -0.3 is 15.2 Å². The normalized spacial score (nSPS) is 21.5. The summed E-state index contributed by atoms with van der Waals surface area (Å²) in [5.74, 6) is 0.756. The zero-order chi connectivity index (χ0) is 23.5. The highest BCUT2D eigenvalue weighted by Gasteiger charge is 2.30. The highest BCUT2D eigenvalue weighted by Crippen LogP contribution is 2.31. The maximum atomic E-state index is 11.9. The molecule has 1 saturated heterocycles. The molecule has 0 spiro atoms. The van der Waals surface area contributed by atoms with Crippen molar-refractivity contribution in [3.63, 3.8) is 0 Å². The maximum absolute atomic E-state index is 11.9. The van der Waals surface area contributed by atoms with E-state index in [9.17, 15) is 4.79 Å². The van der Waals surface area contributed by atoms with Crippen LogP contribution in [0.4, 0.5) is 5.95 Å². The van der Waals surface area contributed by atoms with Crippen molar-refractivity contribution in [3.8, 4) is 11.3 Å². The number of amides is 1. The number of aromatic amines is 1. The first kappa shape index (κ1) is 22.6. The Kier molecular flexibility index (Phi) is 6.63. The van der Waals surface area contributed by atoms with Crippen LogP contribution in [0.5, 0.6) is 0 Å². The molecule has 1 aliphatic carbocycles. The molecular weight excluding hydrogens is 424 g/mol. The SMILES string of the molecule is C=CC(=O)N1CCN([C@H]2CCC[C@@H](Nc3ncc(CC)c(-c4c[nH]c5ccccc45)n3)C2)CC1. The number of nitrogens with one attached hydrogen (secondary N) is 2. The Morgan fingerprint density at radius 3 is 2.85 bits per heavy atom. The summed E-state index contributed by atoms with van der Waals surface area (Å²) in [7, 11) is 0. The van der Waals surface area contributed by atoms with E-state index in [0.29, 0.717) is 18.0 Å². The van der Waals surface area contributed by atoms with Crippen LogP contribution in [-0.2, 0) is 11.2 Å². The number of hydrogen-bond acceptors (Lipinski definition) is 5. The number of carbonyl (C=O) groups excluding carboxylic acids is 1. The molecule has 0 radical (unpaired) electrons. The highest BCUT2D eigenvalue weighted by atomic mass is 16.2. The fourth-order valence-electron chi connectivity index (χ4n) is 5.48.